The minimum Gasteiger partial charge on any atom is -0.330 e. The lowest BCUT2D eigenvalue weighted by Gasteiger charge is -2.32. The van der Waals surface area contributed by atoms with E-state index in [2.05, 4.69) is 13.8 Å². The zero-order valence-corrected chi connectivity index (χ0v) is 7.64. The highest BCUT2D eigenvalue weighted by atomic mass is 14.7. The van der Waals surface area contributed by atoms with Gasteiger partial charge in [0.15, 0.2) is 0 Å². The first-order valence-electron chi connectivity index (χ1n) is 4.87. The zero-order valence-electron chi connectivity index (χ0n) is 7.64. The van der Waals surface area contributed by atoms with Crippen molar-refractivity contribution in [2.75, 3.05) is 6.54 Å². The van der Waals surface area contributed by atoms with Crippen molar-refractivity contribution >= 4 is 0 Å². The van der Waals surface area contributed by atoms with Crippen LogP contribution in [0, 0.1) is 23.2 Å². The van der Waals surface area contributed by atoms with Gasteiger partial charge in [-0.05, 0) is 49.0 Å². The fourth-order valence-corrected chi connectivity index (χ4v) is 3.50. The Labute approximate surface area is 69.4 Å². The molecule has 0 saturated heterocycles. The van der Waals surface area contributed by atoms with Crippen LogP contribution in [0.3, 0.4) is 0 Å². The molecule has 0 heterocycles. The number of fused-ring (bicyclic) bond motifs is 2. The van der Waals surface area contributed by atoms with E-state index < -0.39 is 0 Å². The van der Waals surface area contributed by atoms with Gasteiger partial charge in [0.25, 0.3) is 0 Å². The smallest absolute Gasteiger partial charge is 0.00203 e. The SMILES string of the molecule is C[C@H]1[C@@H]2CC[C@H]1[C@](C)(CN)C2. The molecule has 2 aliphatic rings. The Morgan fingerprint density at radius 1 is 1.45 bits per heavy atom. The summed E-state index contributed by atoms with van der Waals surface area (Å²) < 4.78 is 0. The number of nitrogens with two attached hydrogens (primary N) is 1. The van der Waals surface area contributed by atoms with Crippen molar-refractivity contribution in [1.82, 2.24) is 0 Å². The molecule has 0 aromatic heterocycles. The highest BCUT2D eigenvalue weighted by Gasteiger charge is 2.51. The predicted octanol–water partition coefficient (Wildman–Crippen LogP) is 2.02. The second-order valence-corrected chi connectivity index (χ2v) is 4.87. The van der Waals surface area contributed by atoms with E-state index in [0.717, 1.165) is 24.3 Å². The summed E-state index contributed by atoms with van der Waals surface area (Å²) in [6.07, 6.45) is 4.32. The second kappa shape index (κ2) is 2.22. The summed E-state index contributed by atoms with van der Waals surface area (Å²) in [5.41, 5.74) is 6.32. The van der Waals surface area contributed by atoms with Crippen molar-refractivity contribution in [2.45, 2.75) is 33.1 Å². The Balaban J connectivity index is 2.20. The lowest BCUT2D eigenvalue weighted by Crippen LogP contribution is -2.33. The van der Waals surface area contributed by atoms with Crippen LogP contribution in [0.15, 0.2) is 0 Å². The van der Waals surface area contributed by atoms with Gasteiger partial charge in [-0.2, -0.15) is 0 Å². The molecule has 2 saturated carbocycles. The van der Waals surface area contributed by atoms with E-state index in [-0.39, 0.29) is 0 Å². The van der Waals surface area contributed by atoms with Crippen molar-refractivity contribution in [1.29, 1.82) is 0 Å². The highest BCUT2D eigenvalue weighted by molar-refractivity contribution is 5.01. The van der Waals surface area contributed by atoms with Crippen LogP contribution in [0.4, 0.5) is 0 Å². The molecule has 0 aromatic carbocycles. The van der Waals surface area contributed by atoms with E-state index in [4.69, 9.17) is 5.73 Å². The summed E-state index contributed by atoms with van der Waals surface area (Å²) in [6.45, 7) is 5.70. The average molecular weight is 153 g/mol. The van der Waals surface area contributed by atoms with E-state index in [1.807, 2.05) is 0 Å². The molecule has 0 amide bonds. The molecular formula is C10H19N. The molecule has 4 atom stereocenters. The van der Waals surface area contributed by atoms with Gasteiger partial charge >= 0.3 is 0 Å². The van der Waals surface area contributed by atoms with Gasteiger partial charge in [0, 0.05) is 0 Å². The first-order valence-corrected chi connectivity index (χ1v) is 4.87. The molecule has 0 spiro atoms. The lowest BCUT2D eigenvalue weighted by atomic mass is 9.74. The maximum atomic E-state index is 5.82. The van der Waals surface area contributed by atoms with Crippen molar-refractivity contribution in [3.05, 3.63) is 0 Å². The average Bonchev–Trinajstić information content (AvgIpc) is 2.44. The van der Waals surface area contributed by atoms with E-state index in [1.165, 1.54) is 19.3 Å². The van der Waals surface area contributed by atoms with Gasteiger partial charge in [-0.3, -0.25) is 0 Å². The van der Waals surface area contributed by atoms with E-state index in [0.29, 0.717) is 5.41 Å². The molecule has 11 heavy (non-hydrogen) atoms. The van der Waals surface area contributed by atoms with E-state index in [9.17, 15) is 0 Å². The minimum absolute atomic E-state index is 0.502. The molecule has 2 fully saturated rings. The maximum Gasteiger partial charge on any atom is -0.00203 e. The van der Waals surface area contributed by atoms with Crippen molar-refractivity contribution in [2.24, 2.45) is 28.9 Å². The molecule has 2 aliphatic carbocycles. The molecular weight excluding hydrogens is 134 g/mol. The Bertz CT molecular complexity index is 166. The molecule has 0 radical (unpaired) electrons. The van der Waals surface area contributed by atoms with Gasteiger partial charge in [-0.25, -0.2) is 0 Å². The van der Waals surface area contributed by atoms with Crippen LogP contribution in [0.5, 0.6) is 0 Å². The van der Waals surface area contributed by atoms with Gasteiger partial charge in [0.1, 0.15) is 0 Å². The van der Waals surface area contributed by atoms with Crippen LogP contribution in [0.2, 0.25) is 0 Å². The molecule has 0 aliphatic heterocycles. The summed E-state index contributed by atoms with van der Waals surface area (Å²) in [7, 11) is 0. The fourth-order valence-electron chi connectivity index (χ4n) is 3.50. The van der Waals surface area contributed by atoms with Gasteiger partial charge < -0.3 is 5.73 Å². The topological polar surface area (TPSA) is 26.0 Å². The number of rotatable bonds is 1. The van der Waals surface area contributed by atoms with Gasteiger partial charge in [-0.15, -0.1) is 0 Å². The molecule has 0 aromatic rings. The van der Waals surface area contributed by atoms with Crippen molar-refractivity contribution in [3.8, 4) is 0 Å². The zero-order chi connectivity index (χ0) is 8.06. The number of hydrogen-bond acceptors (Lipinski definition) is 1. The maximum absolute atomic E-state index is 5.82. The van der Waals surface area contributed by atoms with Crippen LogP contribution >= 0.6 is 0 Å². The minimum atomic E-state index is 0.502. The molecule has 1 nitrogen and oxygen atoms in total. The lowest BCUT2D eigenvalue weighted by molar-refractivity contribution is 0.190. The number of hydrogen-bond donors (Lipinski definition) is 1. The summed E-state index contributed by atoms with van der Waals surface area (Å²) in [5.74, 6) is 2.91. The predicted molar refractivity (Wildman–Crippen MR) is 47.2 cm³/mol. The third-order valence-electron chi connectivity index (χ3n) is 4.32. The third kappa shape index (κ3) is 0.868. The summed E-state index contributed by atoms with van der Waals surface area (Å²) in [4.78, 5) is 0. The molecule has 0 unspecified atom stereocenters. The van der Waals surface area contributed by atoms with E-state index >= 15 is 0 Å². The summed E-state index contributed by atoms with van der Waals surface area (Å²) in [6, 6.07) is 0. The van der Waals surface area contributed by atoms with Gasteiger partial charge in [0.05, 0.1) is 0 Å². The van der Waals surface area contributed by atoms with Gasteiger partial charge in [0.2, 0.25) is 0 Å². The van der Waals surface area contributed by atoms with Crippen molar-refractivity contribution in [3.63, 3.8) is 0 Å². The molecule has 1 heteroatoms. The standard InChI is InChI=1S/C10H19N/c1-7-8-3-4-9(7)10(2,5-8)6-11/h7-9H,3-6,11H2,1-2H3/t7-,8+,9+,10-/m0/s1. The summed E-state index contributed by atoms with van der Waals surface area (Å²) in [5, 5.41) is 0. The van der Waals surface area contributed by atoms with Crippen LogP contribution in [0.1, 0.15) is 33.1 Å². The Morgan fingerprint density at radius 3 is 2.45 bits per heavy atom. The molecule has 2 bridgehead atoms. The van der Waals surface area contributed by atoms with Crippen LogP contribution in [0.25, 0.3) is 0 Å². The Hall–Kier alpha value is -0.0400. The normalized spacial score (nSPS) is 55.4. The van der Waals surface area contributed by atoms with Gasteiger partial charge in [-0.1, -0.05) is 13.8 Å². The van der Waals surface area contributed by atoms with Crippen molar-refractivity contribution < 1.29 is 0 Å². The largest absolute Gasteiger partial charge is 0.330 e. The first-order chi connectivity index (χ1) is 5.17. The van der Waals surface area contributed by atoms with Crippen LogP contribution < -0.4 is 5.73 Å². The fraction of sp³-hybridized carbons (Fsp3) is 1.00. The monoisotopic (exact) mass is 153 g/mol. The van der Waals surface area contributed by atoms with Crippen LogP contribution in [-0.4, -0.2) is 6.54 Å². The Kier molecular flexibility index (Phi) is 1.54. The summed E-state index contributed by atoms with van der Waals surface area (Å²) >= 11 is 0. The Morgan fingerprint density at radius 2 is 2.18 bits per heavy atom. The van der Waals surface area contributed by atoms with E-state index in [1.54, 1.807) is 0 Å². The molecule has 2 N–H and O–H groups in total. The van der Waals surface area contributed by atoms with Crippen LogP contribution in [-0.2, 0) is 0 Å². The first kappa shape index (κ1) is 7.60. The quantitative estimate of drug-likeness (QED) is 0.612. The second-order valence-electron chi connectivity index (χ2n) is 4.87. The molecule has 64 valence electrons. The molecule has 2 rings (SSSR count). The third-order valence-corrected chi connectivity index (χ3v) is 4.32. The highest BCUT2D eigenvalue weighted by Crippen LogP contribution is 2.58.